The van der Waals surface area contributed by atoms with E-state index in [4.69, 9.17) is 11.5 Å². The van der Waals surface area contributed by atoms with Crippen LogP contribution in [0.3, 0.4) is 0 Å². The molecule has 0 spiro atoms. The fourth-order valence-electron chi connectivity index (χ4n) is 8.59. The zero-order valence-electron chi connectivity index (χ0n) is 48.7. The number of rotatable bonds is 38. The summed E-state index contributed by atoms with van der Waals surface area (Å²) in [6.45, 7) is 6.32. The van der Waals surface area contributed by atoms with E-state index in [-0.39, 0.29) is 50.2 Å². The SMILES string of the molecule is CSCC[C@H](NC(=O)[C@H](CC(C)C)NC(=O)CNC(=O)[C@@H](NC(=O)[C@H](Cc1ccccc1)N(C)C(=O)[C@H](Cc1ccccc1)NC(=O)[C@H](CC(=O)O)NC(=O)[C@H](CCSC)NC(=O)[C@H](Cc1cnc[nH]1)NC(=O)[C@@H](N)CC(=O)O)C(C)C)C(N)=O. The molecule has 0 radical (unpaired) electrons. The number of carbonyl (C=O) groups excluding carboxylic acids is 10. The molecule has 0 aliphatic rings. The van der Waals surface area contributed by atoms with Gasteiger partial charge in [0.05, 0.1) is 31.8 Å². The number of nitrogens with two attached hydrogens (primary N) is 2. The van der Waals surface area contributed by atoms with Crippen LogP contribution in [0, 0.1) is 11.8 Å². The average molecular weight is 1220 g/mol. The van der Waals surface area contributed by atoms with E-state index < -0.39 is 151 Å². The van der Waals surface area contributed by atoms with Crippen LogP contribution in [0.4, 0.5) is 0 Å². The first-order valence-electron chi connectivity index (χ1n) is 27.4. The quantitative estimate of drug-likeness (QED) is 0.0319. The second kappa shape index (κ2) is 36.6. The van der Waals surface area contributed by atoms with Crippen LogP contribution in [0.25, 0.3) is 0 Å². The second-order valence-electron chi connectivity index (χ2n) is 20.9. The summed E-state index contributed by atoms with van der Waals surface area (Å²) in [5, 5.41) is 39.7. The Labute approximate surface area is 502 Å². The van der Waals surface area contributed by atoms with E-state index in [1.54, 1.807) is 80.8 Å². The standard InChI is InChI=1S/C56H81N13O14S2/c1-31(2)22-39(51(78)63-37(48(58)75)18-20-84-6)62-44(70)29-60-55(82)47(32(3)4)68-54(81)43(24-34-16-12-9-13-17-34)69(5)56(83)42(23-33-14-10-8-11-15-33)67-53(80)41(27-46(73)74)66-50(77)38(19-21-85-7)64-52(79)40(25-35-28-59-30-61-35)65-49(76)36(57)26-45(71)72/h8-17,28,30-32,36-43,47H,18-27,29,57H2,1-7H3,(H2,58,75)(H,59,61)(H,60,82)(H,62,70)(H,63,78)(H,64,79)(H,65,76)(H,66,77)(H,67,80)(H,68,81)(H,71,72)(H,73,74)/t36-,37-,38-,39-,40-,41-,42-,43-,47-/m0/s1. The van der Waals surface area contributed by atoms with E-state index in [1.807, 2.05) is 20.1 Å². The maximum atomic E-state index is 15.0. The van der Waals surface area contributed by atoms with Gasteiger partial charge < -0.3 is 74.1 Å². The lowest BCUT2D eigenvalue weighted by Crippen LogP contribution is -2.61. The molecule has 1 aromatic heterocycles. The van der Waals surface area contributed by atoms with Gasteiger partial charge in [-0.2, -0.15) is 23.5 Å². The van der Waals surface area contributed by atoms with Crippen molar-refractivity contribution in [3.05, 3.63) is 90.0 Å². The Hall–Kier alpha value is -8.05. The van der Waals surface area contributed by atoms with Gasteiger partial charge >= 0.3 is 11.9 Å². The molecule has 466 valence electrons. The highest BCUT2D eigenvalue weighted by molar-refractivity contribution is 7.98. The highest BCUT2D eigenvalue weighted by Gasteiger charge is 2.38. The molecule has 2 aromatic carbocycles. The first kappa shape index (κ1) is 71.2. The van der Waals surface area contributed by atoms with Gasteiger partial charge in [-0.3, -0.25) is 57.5 Å². The lowest BCUT2D eigenvalue weighted by Gasteiger charge is -2.33. The van der Waals surface area contributed by atoms with Crippen molar-refractivity contribution < 1.29 is 67.7 Å². The maximum Gasteiger partial charge on any atom is 0.305 e. The van der Waals surface area contributed by atoms with E-state index in [0.29, 0.717) is 22.6 Å². The Kier molecular flexibility index (Phi) is 30.7. The van der Waals surface area contributed by atoms with Crippen LogP contribution < -0.4 is 54.0 Å². The second-order valence-corrected chi connectivity index (χ2v) is 22.9. The number of H-pyrrole nitrogens is 1. The molecule has 0 saturated carbocycles. The molecule has 85 heavy (non-hydrogen) atoms. The molecular formula is C56H81N13O14S2. The fourth-order valence-corrected chi connectivity index (χ4v) is 9.53. The van der Waals surface area contributed by atoms with Gasteiger partial charge in [0.1, 0.15) is 48.3 Å². The van der Waals surface area contributed by atoms with Crippen molar-refractivity contribution in [1.29, 1.82) is 0 Å². The number of nitrogens with one attached hydrogen (secondary N) is 9. The van der Waals surface area contributed by atoms with Gasteiger partial charge in [0.15, 0.2) is 0 Å². The fraction of sp³-hybridized carbons (Fsp3) is 0.518. The Balaban J connectivity index is 1.93. The zero-order valence-corrected chi connectivity index (χ0v) is 50.3. The molecule has 29 heteroatoms. The highest BCUT2D eigenvalue weighted by atomic mass is 32.2. The Morgan fingerprint density at radius 3 is 1.62 bits per heavy atom. The van der Waals surface area contributed by atoms with Crippen molar-refractivity contribution in [2.45, 2.75) is 133 Å². The summed E-state index contributed by atoms with van der Waals surface area (Å²) in [5.41, 5.74) is 12.8. The predicted molar refractivity (Wildman–Crippen MR) is 318 cm³/mol. The Morgan fingerprint density at radius 2 is 1.09 bits per heavy atom. The van der Waals surface area contributed by atoms with Gasteiger partial charge in [0.2, 0.25) is 59.1 Å². The summed E-state index contributed by atoms with van der Waals surface area (Å²) in [5.74, 6) is -11.4. The number of likely N-dealkylation sites (N-methyl/N-ethyl adjacent to an activating group) is 1. The first-order chi connectivity index (χ1) is 40.2. The Morgan fingerprint density at radius 1 is 0.588 bits per heavy atom. The number of primary amides is 1. The number of aromatic nitrogens is 2. The molecule has 3 rings (SSSR count). The summed E-state index contributed by atoms with van der Waals surface area (Å²) < 4.78 is 0. The maximum absolute atomic E-state index is 15.0. The number of benzene rings is 2. The van der Waals surface area contributed by atoms with Gasteiger partial charge in [0.25, 0.3) is 0 Å². The molecule has 27 nitrogen and oxygen atoms in total. The number of amides is 10. The minimum atomic E-state index is -1.87. The third-order valence-corrected chi connectivity index (χ3v) is 14.5. The van der Waals surface area contributed by atoms with Crippen molar-refractivity contribution in [1.82, 2.24) is 57.4 Å². The third-order valence-electron chi connectivity index (χ3n) is 13.2. The molecule has 9 atom stereocenters. The highest BCUT2D eigenvalue weighted by Crippen LogP contribution is 2.16. The smallest absolute Gasteiger partial charge is 0.305 e. The number of imidazole rings is 1. The topological polar surface area (TPSA) is 425 Å². The number of carboxylic acids is 2. The van der Waals surface area contributed by atoms with Gasteiger partial charge in [-0.25, -0.2) is 4.98 Å². The number of hydrogen-bond acceptors (Lipinski definition) is 16. The van der Waals surface area contributed by atoms with Crippen LogP contribution in [-0.2, 0) is 76.8 Å². The van der Waals surface area contributed by atoms with Crippen LogP contribution in [0.15, 0.2) is 73.2 Å². The summed E-state index contributed by atoms with van der Waals surface area (Å²) in [6.07, 6.45) is 4.31. The van der Waals surface area contributed by atoms with Crippen LogP contribution in [0.1, 0.15) is 76.6 Å². The number of carbonyl (C=O) groups is 12. The minimum Gasteiger partial charge on any atom is -0.481 e. The van der Waals surface area contributed by atoms with Gasteiger partial charge in [-0.15, -0.1) is 0 Å². The number of aromatic amines is 1. The van der Waals surface area contributed by atoms with Crippen molar-refractivity contribution in [3.63, 3.8) is 0 Å². The molecule has 0 bridgehead atoms. The lowest BCUT2D eigenvalue weighted by molar-refractivity contribution is -0.144. The zero-order chi connectivity index (χ0) is 63.3. The monoisotopic (exact) mass is 1220 g/mol. The molecule has 0 aliphatic heterocycles. The van der Waals surface area contributed by atoms with E-state index in [2.05, 4.69) is 52.5 Å². The predicted octanol–water partition coefficient (Wildman–Crippen LogP) is -1.26. The largest absolute Gasteiger partial charge is 0.481 e. The van der Waals surface area contributed by atoms with Crippen LogP contribution in [0.2, 0.25) is 0 Å². The molecule has 0 saturated heterocycles. The molecule has 0 aliphatic carbocycles. The van der Waals surface area contributed by atoms with E-state index >= 15 is 0 Å². The van der Waals surface area contributed by atoms with Crippen molar-refractivity contribution in [3.8, 4) is 0 Å². The van der Waals surface area contributed by atoms with Crippen molar-refractivity contribution in [2.24, 2.45) is 23.3 Å². The van der Waals surface area contributed by atoms with E-state index in [0.717, 1.165) is 4.90 Å². The molecule has 0 fully saturated rings. The molecule has 1 heterocycles. The average Bonchev–Trinajstić information content (AvgIpc) is 4.11. The van der Waals surface area contributed by atoms with E-state index in [9.17, 15) is 67.7 Å². The van der Waals surface area contributed by atoms with Gasteiger partial charge in [-0.05, 0) is 66.2 Å². The lowest BCUT2D eigenvalue weighted by atomic mass is 9.98. The van der Waals surface area contributed by atoms with E-state index in [1.165, 1.54) is 43.1 Å². The van der Waals surface area contributed by atoms with Crippen LogP contribution in [0.5, 0.6) is 0 Å². The van der Waals surface area contributed by atoms with Crippen molar-refractivity contribution in [2.75, 3.05) is 37.6 Å². The summed E-state index contributed by atoms with van der Waals surface area (Å²) in [4.78, 5) is 169. The number of aliphatic carboxylic acids is 2. The molecule has 0 unspecified atom stereocenters. The number of nitrogens with zero attached hydrogens (tertiary/aromatic N) is 2. The van der Waals surface area contributed by atoms with Crippen LogP contribution in [-0.4, -0.2) is 188 Å². The van der Waals surface area contributed by atoms with Gasteiger partial charge in [0, 0.05) is 38.2 Å². The Bertz CT molecular complexity index is 2730. The summed E-state index contributed by atoms with van der Waals surface area (Å²) >= 11 is 2.75. The molecular weight excluding hydrogens is 1140 g/mol. The number of carboxylic acid groups (broad SMARTS) is 2. The van der Waals surface area contributed by atoms with Gasteiger partial charge in [-0.1, -0.05) is 88.4 Å². The molecule has 15 N–H and O–H groups in total. The summed E-state index contributed by atoms with van der Waals surface area (Å²) in [7, 11) is 1.31. The summed E-state index contributed by atoms with van der Waals surface area (Å²) in [6, 6.07) is 4.39. The first-order valence-corrected chi connectivity index (χ1v) is 30.2. The third kappa shape index (κ3) is 25.4. The number of thioether (sulfide) groups is 2. The van der Waals surface area contributed by atoms with Crippen molar-refractivity contribution >= 4 is 94.5 Å². The van der Waals surface area contributed by atoms with Crippen LogP contribution >= 0.6 is 23.5 Å². The molecule has 3 aromatic rings. The normalized spacial score (nSPS) is 14.3. The molecule has 10 amide bonds. The minimum absolute atomic E-state index is 0.0677. The number of hydrogen-bond donors (Lipinski definition) is 13.